The van der Waals surface area contributed by atoms with Gasteiger partial charge in [-0.1, -0.05) is 0 Å². The zero-order valence-electron chi connectivity index (χ0n) is 9.64. The molecule has 1 aromatic heterocycles. The van der Waals surface area contributed by atoms with Crippen LogP contribution < -0.4 is 10.6 Å². The zero-order chi connectivity index (χ0) is 13.0. The topological polar surface area (TPSA) is 66.9 Å². The largest absolute Gasteiger partial charge is 0.372 e. The first-order valence-electron chi connectivity index (χ1n) is 5.26. The van der Waals surface area contributed by atoms with E-state index < -0.39 is 5.91 Å². The Labute approximate surface area is 103 Å². The summed E-state index contributed by atoms with van der Waals surface area (Å²) in [6, 6.07) is 5.49. The molecule has 0 aliphatic rings. The monoisotopic (exact) mass is 246 g/mol. The molecule has 0 radical (unpaired) electrons. The Hall–Kier alpha value is -2.50. The van der Waals surface area contributed by atoms with E-state index in [2.05, 4.69) is 20.6 Å². The van der Waals surface area contributed by atoms with E-state index in [-0.39, 0.29) is 11.5 Å². The molecular weight excluding hydrogens is 235 g/mol. The summed E-state index contributed by atoms with van der Waals surface area (Å²) in [4.78, 5) is 19.7. The molecule has 1 amide bonds. The van der Waals surface area contributed by atoms with E-state index >= 15 is 0 Å². The van der Waals surface area contributed by atoms with Crippen molar-refractivity contribution < 1.29 is 9.18 Å². The molecule has 2 rings (SSSR count). The van der Waals surface area contributed by atoms with Crippen molar-refractivity contribution in [3.8, 4) is 0 Å². The Balaban J connectivity index is 2.09. The van der Waals surface area contributed by atoms with Gasteiger partial charge in [0.25, 0.3) is 5.91 Å². The van der Waals surface area contributed by atoms with Gasteiger partial charge in [0.2, 0.25) is 0 Å². The second-order valence-corrected chi connectivity index (χ2v) is 3.50. The van der Waals surface area contributed by atoms with Crippen molar-refractivity contribution in [2.45, 2.75) is 0 Å². The maximum atomic E-state index is 12.7. The van der Waals surface area contributed by atoms with Crippen LogP contribution >= 0.6 is 0 Å². The van der Waals surface area contributed by atoms with Crippen LogP contribution in [-0.2, 0) is 0 Å². The van der Waals surface area contributed by atoms with Crippen LogP contribution in [0.15, 0.2) is 36.7 Å². The molecule has 5 nitrogen and oxygen atoms in total. The van der Waals surface area contributed by atoms with Gasteiger partial charge in [0.1, 0.15) is 17.3 Å². The van der Waals surface area contributed by atoms with Crippen LogP contribution in [0.1, 0.15) is 10.5 Å². The molecule has 0 aliphatic carbocycles. The average molecular weight is 246 g/mol. The number of carbonyl (C=O) groups excluding carboxylic acids is 1. The molecule has 0 saturated heterocycles. The first-order chi connectivity index (χ1) is 8.69. The molecule has 0 aliphatic heterocycles. The van der Waals surface area contributed by atoms with Gasteiger partial charge in [-0.05, 0) is 24.3 Å². The normalized spacial score (nSPS) is 9.89. The lowest BCUT2D eigenvalue weighted by molar-refractivity contribution is 0.102. The highest BCUT2D eigenvalue weighted by atomic mass is 19.1. The first kappa shape index (κ1) is 12.0. The minimum absolute atomic E-state index is 0.193. The Morgan fingerprint density at radius 2 is 1.89 bits per heavy atom. The average Bonchev–Trinajstić information content (AvgIpc) is 2.41. The number of hydrogen-bond donors (Lipinski definition) is 2. The number of carbonyl (C=O) groups is 1. The Morgan fingerprint density at radius 1 is 1.17 bits per heavy atom. The molecule has 6 heteroatoms. The minimum Gasteiger partial charge on any atom is -0.372 e. The number of nitrogens with one attached hydrogen (secondary N) is 2. The molecule has 0 atom stereocenters. The third-order valence-electron chi connectivity index (χ3n) is 2.24. The van der Waals surface area contributed by atoms with Crippen molar-refractivity contribution >= 4 is 17.4 Å². The molecule has 2 N–H and O–H groups in total. The van der Waals surface area contributed by atoms with Gasteiger partial charge in [0.15, 0.2) is 0 Å². The molecule has 2 aromatic rings. The highest BCUT2D eigenvalue weighted by Crippen LogP contribution is 2.09. The van der Waals surface area contributed by atoms with Gasteiger partial charge in [-0.25, -0.2) is 14.4 Å². The van der Waals surface area contributed by atoms with E-state index in [9.17, 15) is 9.18 Å². The Bertz CT molecular complexity index is 539. The fourth-order valence-electron chi connectivity index (χ4n) is 1.30. The van der Waals surface area contributed by atoms with Gasteiger partial charge < -0.3 is 10.6 Å². The van der Waals surface area contributed by atoms with Crippen molar-refractivity contribution in [2.24, 2.45) is 0 Å². The fourth-order valence-corrected chi connectivity index (χ4v) is 1.30. The molecule has 1 aromatic carbocycles. The van der Waals surface area contributed by atoms with Crippen LogP contribution in [0.5, 0.6) is 0 Å². The SMILES string of the molecule is CNc1cnc(C(=O)Nc2ccc(F)cc2)cn1. The second-order valence-electron chi connectivity index (χ2n) is 3.50. The number of halogens is 1. The van der Waals surface area contributed by atoms with E-state index in [1.54, 1.807) is 7.05 Å². The van der Waals surface area contributed by atoms with Crippen LogP contribution in [-0.4, -0.2) is 22.9 Å². The lowest BCUT2D eigenvalue weighted by Gasteiger charge is -2.04. The highest BCUT2D eigenvalue weighted by Gasteiger charge is 2.08. The number of rotatable bonds is 3. The summed E-state index contributed by atoms with van der Waals surface area (Å²) in [5, 5.41) is 5.40. The summed E-state index contributed by atoms with van der Waals surface area (Å²) in [5.41, 5.74) is 0.694. The highest BCUT2D eigenvalue weighted by molar-refractivity contribution is 6.02. The lowest BCUT2D eigenvalue weighted by atomic mass is 10.3. The summed E-state index contributed by atoms with van der Waals surface area (Å²) in [6.45, 7) is 0. The number of hydrogen-bond acceptors (Lipinski definition) is 4. The van der Waals surface area contributed by atoms with E-state index in [1.807, 2.05) is 0 Å². The second kappa shape index (κ2) is 5.22. The lowest BCUT2D eigenvalue weighted by Crippen LogP contribution is -2.14. The summed E-state index contributed by atoms with van der Waals surface area (Å²) in [6.07, 6.45) is 2.82. The molecule has 92 valence electrons. The number of benzene rings is 1. The molecule has 1 heterocycles. The molecule has 0 fully saturated rings. The summed E-state index contributed by atoms with van der Waals surface area (Å²) in [5.74, 6) is -0.170. The number of aromatic nitrogens is 2. The maximum absolute atomic E-state index is 12.7. The van der Waals surface area contributed by atoms with Crippen molar-refractivity contribution in [1.29, 1.82) is 0 Å². The van der Waals surface area contributed by atoms with Gasteiger partial charge in [-0.15, -0.1) is 0 Å². The van der Waals surface area contributed by atoms with Gasteiger partial charge in [-0.2, -0.15) is 0 Å². The molecule has 0 unspecified atom stereocenters. The Kier molecular flexibility index (Phi) is 3.47. The fraction of sp³-hybridized carbons (Fsp3) is 0.0833. The van der Waals surface area contributed by atoms with E-state index in [1.165, 1.54) is 36.7 Å². The summed E-state index contributed by atoms with van der Waals surface area (Å²) < 4.78 is 12.7. The van der Waals surface area contributed by atoms with Gasteiger partial charge >= 0.3 is 0 Å². The smallest absolute Gasteiger partial charge is 0.275 e. The van der Waals surface area contributed by atoms with Crippen LogP contribution in [0.4, 0.5) is 15.9 Å². The quantitative estimate of drug-likeness (QED) is 0.868. The zero-order valence-corrected chi connectivity index (χ0v) is 9.64. The van der Waals surface area contributed by atoms with Gasteiger partial charge in [-0.3, -0.25) is 4.79 Å². The van der Waals surface area contributed by atoms with E-state index in [0.29, 0.717) is 11.5 Å². The minimum atomic E-state index is -0.392. The first-order valence-corrected chi connectivity index (χ1v) is 5.26. The molecule has 0 saturated carbocycles. The predicted molar refractivity (Wildman–Crippen MR) is 65.9 cm³/mol. The van der Waals surface area contributed by atoms with Crippen molar-refractivity contribution in [1.82, 2.24) is 9.97 Å². The maximum Gasteiger partial charge on any atom is 0.275 e. The number of nitrogens with zero attached hydrogens (tertiary/aromatic N) is 2. The van der Waals surface area contributed by atoms with Crippen molar-refractivity contribution in [2.75, 3.05) is 17.7 Å². The molecule has 0 bridgehead atoms. The summed E-state index contributed by atoms with van der Waals surface area (Å²) in [7, 11) is 1.71. The molecule has 0 spiro atoms. The van der Waals surface area contributed by atoms with Gasteiger partial charge in [0, 0.05) is 12.7 Å². The third kappa shape index (κ3) is 2.79. The van der Waals surface area contributed by atoms with Crippen molar-refractivity contribution in [3.63, 3.8) is 0 Å². The summed E-state index contributed by atoms with van der Waals surface area (Å²) >= 11 is 0. The van der Waals surface area contributed by atoms with Crippen LogP contribution in [0.2, 0.25) is 0 Å². The van der Waals surface area contributed by atoms with Gasteiger partial charge in [0.05, 0.1) is 12.4 Å². The standard InChI is InChI=1S/C12H11FN4O/c1-14-11-7-15-10(6-16-11)12(18)17-9-4-2-8(13)3-5-9/h2-7H,1H3,(H,14,16)(H,17,18). The molecule has 18 heavy (non-hydrogen) atoms. The van der Waals surface area contributed by atoms with Crippen LogP contribution in [0.3, 0.4) is 0 Å². The van der Waals surface area contributed by atoms with E-state index in [4.69, 9.17) is 0 Å². The predicted octanol–water partition coefficient (Wildman–Crippen LogP) is 1.91. The van der Waals surface area contributed by atoms with E-state index in [0.717, 1.165) is 0 Å². The van der Waals surface area contributed by atoms with Crippen molar-refractivity contribution in [3.05, 3.63) is 48.2 Å². The Morgan fingerprint density at radius 3 is 2.44 bits per heavy atom. The number of anilines is 2. The van der Waals surface area contributed by atoms with Crippen LogP contribution in [0, 0.1) is 5.82 Å². The number of amides is 1. The van der Waals surface area contributed by atoms with Crippen LogP contribution in [0.25, 0.3) is 0 Å². The third-order valence-corrected chi connectivity index (χ3v) is 2.24. The molecular formula is C12H11FN4O.